The molecule has 1 unspecified atom stereocenters. The van der Waals surface area contributed by atoms with Crippen LogP contribution in [0.25, 0.3) is 0 Å². The zero-order chi connectivity index (χ0) is 11.1. The quantitative estimate of drug-likeness (QED) is 0.806. The van der Waals surface area contributed by atoms with Crippen molar-refractivity contribution in [3.63, 3.8) is 0 Å². The molecule has 15 heavy (non-hydrogen) atoms. The summed E-state index contributed by atoms with van der Waals surface area (Å²) in [7, 11) is 0. The lowest BCUT2D eigenvalue weighted by molar-refractivity contribution is 0.0949. The highest BCUT2D eigenvalue weighted by Gasteiger charge is 2.41. The highest BCUT2D eigenvalue weighted by molar-refractivity contribution is 9.10. The fourth-order valence-corrected chi connectivity index (χ4v) is 3.74. The fourth-order valence-electron chi connectivity index (χ4n) is 1.98. The van der Waals surface area contributed by atoms with Crippen molar-refractivity contribution in [2.24, 2.45) is 0 Å². The topological polar surface area (TPSA) is 17.1 Å². The third kappa shape index (κ3) is 1.87. The zero-order valence-corrected chi connectivity index (χ0v) is 11.2. The van der Waals surface area contributed by atoms with E-state index in [2.05, 4.69) is 29.8 Å². The van der Waals surface area contributed by atoms with Crippen LogP contribution in [0.2, 0.25) is 0 Å². The number of thioether (sulfide) groups is 1. The number of hydrogen-bond donors (Lipinski definition) is 0. The molecule has 0 aliphatic carbocycles. The van der Waals surface area contributed by atoms with Crippen LogP contribution in [-0.2, 0) is 0 Å². The fraction of sp³-hybridized carbons (Fsp3) is 0.417. The Morgan fingerprint density at radius 1 is 1.47 bits per heavy atom. The predicted octanol–water partition coefficient (Wildman–Crippen LogP) is 4.30. The molecule has 0 saturated carbocycles. The van der Waals surface area contributed by atoms with Crippen molar-refractivity contribution < 1.29 is 4.79 Å². The number of Topliss-reactive ketones (excluding diaryl/α,β-unsaturated/α-hetero) is 1. The molecule has 0 bridgehead atoms. The maximum atomic E-state index is 12.2. The van der Waals surface area contributed by atoms with Gasteiger partial charge in [0.15, 0.2) is 5.78 Å². The summed E-state index contributed by atoms with van der Waals surface area (Å²) in [5, 5.41) is 0. The zero-order valence-electron chi connectivity index (χ0n) is 8.84. The third-order valence-corrected chi connectivity index (χ3v) is 4.64. The van der Waals surface area contributed by atoms with Crippen LogP contribution in [0.4, 0.5) is 0 Å². The van der Waals surface area contributed by atoms with Gasteiger partial charge in [0.05, 0.1) is 4.75 Å². The van der Waals surface area contributed by atoms with Crippen LogP contribution in [0.3, 0.4) is 0 Å². The molecule has 0 amide bonds. The summed E-state index contributed by atoms with van der Waals surface area (Å²) in [5.74, 6) is 0.283. The Kier molecular flexibility index (Phi) is 2.95. The number of carbonyl (C=O) groups excluding carboxylic acids is 1. The minimum absolute atomic E-state index is 0.238. The van der Waals surface area contributed by atoms with Gasteiger partial charge in [0.25, 0.3) is 0 Å². The van der Waals surface area contributed by atoms with Crippen LogP contribution in [0.5, 0.6) is 0 Å². The van der Waals surface area contributed by atoms with E-state index in [0.717, 1.165) is 27.8 Å². The summed E-state index contributed by atoms with van der Waals surface area (Å²) >= 11 is 5.12. The smallest absolute Gasteiger partial charge is 0.180 e. The van der Waals surface area contributed by atoms with E-state index in [1.807, 2.05) is 18.2 Å². The van der Waals surface area contributed by atoms with Gasteiger partial charge in [0.2, 0.25) is 0 Å². The van der Waals surface area contributed by atoms with Crippen LogP contribution in [-0.4, -0.2) is 10.5 Å². The normalized spacial score (nSPS) is 24.3. The first kappa shape index (κ1) is 11.2. The Labute approximate surface area is 103 Å². The molecule has 1 atom stereocenters. The van der Waals surface area contributed by atoms with Crippen molar-refractivity contribution in [1.29, 1.82) is 0 Å². The highest BCUT2D eigenvalue weighted by atomic mass is 79.9. The van der Waals surface area contributed by atoms with Gasteiger partial charge in [0.1, 0.15) is 0 Å². The number of benzene rings is 1. The van der Waals surface area contributed by atoms with Gasteiger partial charge in [-0.1, -0.05) is 29.3 Å². The van der Waals surface area contributed by atoms with Crippen LogP contribution in [0, 0.1) is 0 Å². The van der Waals surface area contributed by atoms with Crippen LogP contribution in [0.1, 0.15) is 37.0 Å². The number of fused-ring (bicyclic) bond motifs is 1. The number of carbonyl (C=O) groups is 1. The van der Waals surface area contributed by atoms with Gasteiger partial charge in [-0.15, -0.1) is 11.8 Å². The largest absolute Gasteiger partial charge is 0.293 e. The molecule has 0 saturated heterocycles. The Morgan fingerprint density at radius 2 is 2.20 bits per heavy atom. The first-order valence-corrected chi connectivity index (χ1v) is 6.71. The molecule has 1 aromatic carbocycles. The molecule has 1 heterocycles. The van der Waals surface area contributed by atoms with Crippen LogP contribution >= 0.6 is 27.7 Å². The summed E-state index contributed by atoms with van der Waals surface area (Å²) in [6.45, 7) is 4.18. The second-order valence-electron chi connectivity index (χ2n) is 4.05. The van der Waals surface area contributed by atoms with Crippen LogP contribution in [0.15, 0.2) is 27.6 Å². The molecular formula is C12H13BrOS. The molecule has 1 aromatic rings. The van der Waals surface area contributed by atoms with Crippen molar-refractivity contribution in [1.82, 2.24) is 0 Å². The van der Waals surface area contributed by atoms with Gasteiger partial charge in [-0.2, -0.15) is 0 Å². The number of halogens is 1. The Morgan fingerprint density at radius 3 is 2.87 bits per heavy atom. The summed E-state index contributed by atoms with van der Waals surface area (Å²) in [5.41, 5.74) is 0.880. The molecule has 1 aliphatic heterocycles. The number of rotatable bonds is 2. The van der Waals surface area contributed by atoms with Gasteiger partial charge >= 0.3 is 0 Å². The molecule has 1 nitrogen and oxygen atoms in total. The molecule has 0 fully saturated rings. The van der Waals surface area contributed by atoms with Crippen molar-refractivity contribution in [2.75, 3.05) is 0 Å². The van der Waals surface area contributed by atoms with Gasteiger partial charge < -0.3 is 0 Å². The minimum Gasteiger partial charge on any atom is -0.293 e. The van der Waals surface area contributed by atoms with E-state index >= 15 is 0 Å². The maximum Gasteiger partial charge on any atom is 0.180 e. The van der Waals surface area contributed by atoms with E-state index in [9.17, 15) is 4.79 Å². The van der Waals surface area contributed by atoms with E-state index in [4.69, 9.17) is 0 Å². The van der Waals surface area contributed by atoms with Crippen LogP contribution < -0.4 is 0 Å². The monoisotopic (exact) mass is 284 g/mol. The Bertz CT molecular complexity index is 416. The SMILES string of the molecule is CCCC1(C)Sc2ccc(Br)cc2C1=O. The molecule has 1 aliphatic rings. The second kappa shape index (κ2) is 3.95. The predicted molar refractivity (Wildman–Crippen MR) is 67.6 cm³/mol. The van der Waals surface area contributed by atoms with E-state index in [1.165, 1.54) is 0 Å². The van der Waals surface area contributed by atoms with Crippen molar-refractivity contribution in [2.45, 2.75) is 36.3 Å². The van der Waals surface area contributed by atoms with Crippen molar-refractivity contribution >= 4 is 33.5 Å². The maximum absolute atomic E-state index is 12.2. The first-order chi connectivity index (χ1) is 7.07. The average molecular weight is 285 g/mol. The molecule has 0 spiro atoms. The van der Waals surface area contributed by atoms with Gasteiger partial charge in [-0.25, -0.2) is 0 Å². The summed E-state index contributed by atoms with van der Waals surface area (Å²) in [6.07, 6.45) is 1.99. The molecule has 2 rings (SSSR count). The first-order valence-electron chi connectivity index (χ1n) is 5.10. The lowest BCUT2D eigenvalue weighted by atomic mass is 9.95. The van der Waals surface area contributed by atoms with Crippen molar-refractivity contribution in [3.8, 4) is 0 Å². The summed E-state index contributed by atoms with van der Waals surface area (Å²) < 4.78 is 0.744. The summed E-state index contributed by atoms with van der Waals surface area (Å²) in [6, 6.07) is 5.96. The van der Waals surface area contributed by atoms with E-state index < -0.39 is 0 Å². The summed E-state index contributed by atoms with van der Waals surface area (Å²) in [4.78, 5) is 13.3. The third-order valence-electron chi connectivity index (χ3n) is 2.73. The minimum atomic E-state index is -0.238. The Balaban J connectivity index is 2.41. The van der Waals surface area contributed by atoms with E-state index in [1.54, 1.807) is 11.8 Å². The number of hydrogen-bond acceptors (Lipinski definition) is 2. The molecule has 3 heteroatoms. The van der Waals surface area contributed by atoms with Crippen molar-refractivity contribution in [3.05, 3.63) is 28.2 Å². The highest BCUT2D eigenvalue weighted by Crippen LogP contribution is 2.47. The molecular weight excluding hydrogens is 272 g/mol. The van der Waals surface area contributed by atoms with E-state index in [0.29, 0.717) is 0 Å². The van der Waals surface area contributed by atoms with Gasteiger partial charge in [-0.3, -0.25) is 4.79 Å². The van der Waals surface area contributed by atoms with Gasteiger partial charge in [0, 0.05) is 14.9 Å². The average Bonchev–Trinajstić information content (AvgIpc) is 2.42. The second-order valence-corrected chi connectivity index (χ2v) is 6.51. The van der Waals surface area contributed by atoms with Gasteiger partial charge in [-0.05, 0) is 31.5 Å². The Hall–Kier alpha value is -0.280. The molecule has 80 valence electrons. The lowest BCUT2D eigenvalue weighted by Crippen LogP contribution is -2.26. The number of ketones is 1. The molecule has 0 radical (unpaired) electrons. The van der Waals surface area contributed by atoms with E-state index in [-0.39, 0.29) is 10.5 Å². The lowest BCUT2D eigenvalue weighted by Gasteiger charge is -2.19. The standard InChI is InChI=1S/C12H13BrOS/c1-3-6-12(2)11(14)9-7-8(13)4-5-10(9)15-12/h4-5,7H,3,6H2,1-2H3. The molecule has 0 N–H and O–H groups in total. The molecule has 0 aromatic heterocycles.